The summed E-state index contributed by atoms with van der Waals surface area (Å²) in [5, 5.41) is 29.6. The number of aromatic nitrogens is 2. The lowest BCUT2D eigenvalue weighted by Crippen LogP contribution is -2.99. The van der Waals surface area contributed by atoms with E-state index in [1.165, 1.54) is 6.07 Å². The van der Waals surface area contributed by atoms with Gasteiger partial charge in [-0.15, -0.1) is 0 Å². The maximum absolute atomic E-state index is 11.1. The van der Waals surface area contributed by atoms with Crippen molar-refractivity contribution in [2.24, 2.45) is 0 Å². The number of hydrogen-bond donors (Lipinski definition) is 3. The number of rotatable bonds is 3. The Bertz CT molecular complexity index is 697. The van der Waals surface area contributed by atoms with Crippen LogP contribution in [0, 0.1) is 5.21 Å². The van der Waals surface area contributed by atoms with Crippen molar-refractivity contribution >= 4 is 28.1 Å². The summed E-state index contributed by atoms with van der Waals surface area (Å²) in [4.78, 5) is 0. The van der Waals surface area contributed by atoms with Gasteiger partial charge in [-0.25, -0.2) is 9.84 Å². The fourth-order valence-electron chi connectivity index (χ4n) is 1.82. The third-order valence-corrected chi connectivity index (χ3v) is 2.70. The van der Waals surface area contributed by atoms with Crippen LogP contribution in [-0.4, -0.2) is 15.5 Å². The van der Waals surface area contributed by atoms with Gasteiger partial charge in [-0.2, -0.15) is 5.23 Å². The summed E-state index contributed by atoms with van der Waals surface area (Å²) in [5.41, 5.74) is 2.20. The van der Waals surface area contributed by atoms with Crippen molar-refractivity contribution in [2.75, 3.05) is 5.32 Å². The smallest absolute Gasteiger partial charge is 0.201 e. The van der Waals surface area contributed by atoms with Crippen LogP contribution in [0.3, 0.4) is 0 Å². The number of hydrogen-bond acceptors (Lipinski definition) is 6. The van der Waals surface area contributed by atoms with Crippen molar-refractivity contribution in [1.29, 1.82) is 0 Å². The minimum atomic E-state index is -1.06. The molecule has 1 atom stereocenters. The van der Waals surface area contributed by atoms with Gasteiger partial charge in [0, 0.05) is 11.8 Å². The zero-order chi connectivity index (χ0) is 13.2. The topological polar surface area (TPSA) is 98.7 Å². The SMILES string of the molecule is [O-][NH+](O)c1ccc(Nc2ccccc2)c2nonc12. The van der Waals surface area contributed by atoms with E-state index in [2.05, 4.69) is 20.3 Å². The van der Waals surface area contributed by atoms with Crippen molar-refractivity contribution in [3.8, 4) is 0 Å². The van der Waals surface area contributed by atoms with Crippen LogP contribution in [0.15, 0.2) is 47.1 Å². The number of nitrogens with zero attached hydrogens (tertiary/aromatic N) is 2. The van der Waals surface area contributed by atoms with Gasteiger partial charge >= 0.3 is 0 Å². The Morgan fingerprint density at radius 2 is 1.79 bits per heavy atom. The van der Waals surface area contributed by atoms with Gasteiger partial charge in [0.25, 0.3) is 0 Å². The molecular weight excluding hydrogens is 248 g/mol. The second kappa shape index (κ2) is 4.65. The van der Waals surface area contributed by atoms with E-state index in [9.17, 15) is 5.21 Å². The highest BCUT2D eigenvalue weighted by atomic mass is 16.8. The zero-order valence-electron chi connectivity index (χ0n) is 9.70. The van der Waals surface area contributed by atoms with Crippen LogP contribution in [0.1, 0.15) is 0 Å². The summed E-state index contributed by atoms with van der Waals surface area (Å²) in [6.45, 7) is 0. The molecule has 0 fully saturated rings. The number of quaternary nitrogens is 1. The molecule has 96 valence electrons. The van der Waals surface area contributed by atoms with Crippen molar-refractivity contribution in [1.82, 2.24) is 10.3 Å². The van der Waals surface area contributed by atoms with Gasteiger partial charge in [-0.3, -0.25) is 0 Å². The van der Waals surface area contributed by atoms with E-state index in [-0.39, 0.29) is 11.2 Å². The van der Waals surface area contributed by atoms with Gasteiger partial charge in [0.2, 0.25) is 5.52 Å². The van der Waals surface area contributed by atoms with Crippen LogP contribution in [-0.2, 0) is 0 Å². The molecule has 0 radical (unpaired) electrons. The van der Waals surface area contributed by atoms with Gasteiger partial charge in [-0.05, 0) is 28.5 Å². The molecule has 7 nitrogen and oxygen atoms in total. The van der Waals surface area contributed by atoms with Crippen LogP contribution in [0.4, 0.5) is 17.1 Å². The molecule has 19 heavy (non-hydrogen) atoms. The Morgan fingerprint density at radius 1 is 1.05 bits per heavy atom. The van der Waals surface area contributed by atoms with Crippen molar-refractivity contribution in [3.05, 3.63) is 47.7 Å². The molecule has 0 aliphatic carbocycles. The fraction of sp³-hybridized carbons (Fsp3) is 0. The van der Waals surface area contributed by atoms with E-state index in [1.54, 1.807) is 6.07 Å². The van der Waals surface area contributed by atoms with Gasteiger partial charge in [0.15, 0.2) is 11.2 Å². The first-order valence-electron chi connectivity index (χ1n) is 5.56. The van der Waals surface area contributed by atoms with E-state index in [4.69, 9.17) is 5.21 Å². The minimum Gasteiger partial charge on any atom is -0.595 e. The lowest BCUT2D eigenvalue weighted by atomic mass is 10.2. The van der Waals surface area contributed by atoms with Crippen molar-refractivity contribution in [3.63, 3.8) is 0 Å². The molecule has 0 aliphatic rings. The molecule has 1 unspecified atom stereocenters. The Morgan fingerprint density at radius 3 is 2.53 bits per heavy atom. The van der Waals surface area contributed by atoms with E-state index in [1.807, 2.05) is 30.3 Å². The molecule has 0 amide bonds. The Kier molecular flexibility index (Phi) is 2.84. The number of anilines is 2. The first-order chi connectivity index (χ1) is 9.25. The maximum atomic E-state index is 11.1. The minimum absolute atomic E-state index is 0.0647. The number of benzene rings is 2. The molecule has 0 spiro atoms. The molecule has 3 rings (SSSR count). The quantitative estimate of drug-likeness (QED) is 0.614. The largest absolute Gasteiger partial charge is 0.595 e. The van der Waals surface area contributed by atoms with Crippen molar-refractivity contribution in [2.45, 2.75) is 0 Å². The average Bonchev–Trinajstić information content (AvgIpc) is 2.89. The summed E-state index contributed by atoms with van der Waals surface area (Å²) in [6.07, 6.45) is 0. The highest BCUT2D eigenvalue weighted by Gasteiger charge is 2.16. The third kappa shape index (κ3) is 2.13. The molecule has 7 heteroatoms. The summed E-state index contributed by atoms with van der Waals surface area (Å²) >= 11 is 0. The Hall–Kier alpha value is -2.48. The lowest BCUT2D eigenvalue weighted by Gasteiger charge is -2.12. The zero-order valence-corrected chi connectivity index (χ0v) is 9.70. The molecule has 0 saturated heterocycles. The maximum Gasteiger partial charge on any atom is 0.201 e. The summed E-state index contributed by atoms with van der Waals surface area (Å²) < 4.78 is 4.63. The second-order valence-corrected chi connectivity index (χ2v) is 3.92. The molecule has 0 saturated carbocycles. The Balaban J connectivity index is 2.06. The van der Waals surface area contributed by atoms with E-state index >= 15 is 0 Å². The van der Waals surface area contributed by atoms with Crippen LogP contribution < -0.4 is 10.5 Å². The average molecular weight is 258 g/mol. The van der Waals surface area contributed by atoms with Gasteiger partial charge in [0.05, 0.1) is 5.69 Å². The van der Waals surface area contributed by atoms with Crippen LogP contribution in [0.25, 0.3) is 11.0 Å². The number of nitrogens with one attached hydrogen (secondary N) is 2. The summed E-state index contributed by atoms with van der Waals surface area (Å²) in [5.74, 6) is 0. The predicted octanol–water partition coefficient (Wildman–Crippen LogP) is 1.37. The fourth-order valence-corrected chi connectivity index (χ4v) is 1.82. The molecule has 0 bridgehead atoms. The van der Waals surface area contributed by atoms with Gasteiger partial charge < -0.3 is 10.5 Å². The molecular formula is C12H10N4O3. The predicted molar refractivity (Wildman–Crippen MR) is 67.3 cm³/mol. The summed E-state index contributed by atoms with van der Waals surface area (Å²) in [6, 6.07) is 12.6. The number of fused-ring (bicyclic) bond motifs is 1. The van der Waals surface area contributed by atoms with Crippen LogP contribution in [0.2, 0.25) is 0 Å². The monoisotopic (exact) mass is 258 g/mol. The van der Waals surface area contributed by atoms with Gasteiger partial charge in [-0.1, -0.05) is 18.2 Å². The molecule has 2 aromatic carbocycles. The number of para-hydroxylation sites is 1. The molecule has 0 aliphatic heterocycles. The standard InChI is InChI=1S/C12H10N4O3/c17-16(18)10-7-6-9(11-12(10)15-19-14-11)13-8-4-2-1-3-5-8/h1-7,13,16-17H. The molecule has 1 aromatic heterocycles. The lowest BCUT2D eigenvalue weighted by molar-refractivity contribution is -0.990. The highest BCUT2D eigenvalue weighted by molar-refractivity contribution is 5.94. The molecule has 3 N–H and O–H groups in total. The normalized spacial score (nSPS) is 12.5. The first kappa shape index (κ1) is 11.6. The van der Waals surface area contributed by atoms with Gasteiger partial charge in [0.1, 0.15) is 0 Å². The van der Waals surface area contributed by atoms with Crippen molar-refractivity contribution < 1.29 is 15.1 Å². The van der Waals surface area contributed by atoms with Crippen LogP contribution in [0.5, 0.6) is 0 Å². The van der Waals surface area contributed by atoms with Crippen LogP contribution >= 0.6 is 0 Å². The molecule has 1 heterocycles. The second-order valence-electron chi connectivity index (χ2n) is 3.92. The first-order valence-corrected chi connectivity index (χ1v) is 5.56. The highest BCUT2D eigenvalue weighted by Crippen LogP contribution is 2.27. The van der Waals surface area contributed by atoms with E-state index < -0.39 is 5.23 Å². The third-order valence-electron chi connectivity index (χ3n) is 2.70. The molecule has 3 aromatic rings. The van der Waals surface area contributed by atoms with E-state index in [0.717, 1.165) is 5.69 Å². The summed E-state index contributed by atoms with van der Waals surface area (Å²) in [7, 11) is 0. The van der Waals surface area contributed by atoms with E-state index in [0.29, 0.717) is 11.2 Å². The Labute approximate surface area is 107 Å².